The number of nitrogens with zero attached hydrogens (tertiary/aromatic N) is 4. The molecule has 0 bridgehead atoms. The van der Waals surface area contributed by atoms with Crippen molar-refractivity contribution >= 4 is 52.9 Å². The van der Waals surface area contributed by atoms with Crippen LogP contribution in [-0.2, 0) is 73.2 Å². The molecule has 2 aliphatic carbocycles. The van der Waals surface area contributed by atoms with Crippen molar-refractivity contribution < 1.29 is 89.9 Å². The first-order valence-corrected chi connectivity index (χ1v) is 34.0. The molecular weight excluding hydrogens is 1220 g/mol. The second kappa shape index (κ2) is 59.9. The quantitative estimate of drug-likeness (QED) is 0.0202. The molecule has 21 nitrogen and oxygen atoms in total. The summed E-state index contributed by atoms with van der Waals surface area (Å²) in [6, 6.07) is 17.2. The molecule has 0 aliphatic heterocycles. The number of terminal acetylenes is 1. The zero-order valence-electron chi connectivity index (χ0n) is 56.8. The summed E-state index contributed by atoms with van der Waals surface area (Å²) in [7, 11) is 4.02. The van der Waals surface area contributed by atoms with Crippen LogP contribution in [0.25, 0.3) is 0 Å². The Morgan fingerprint density at radius 2 is 1.25 bits per heavy atom. The van der Waals surface area contributed by atoms with Gasteiger partial charge in [-0.05, 0) is 76.5 Å². The summed E-state index contributed by atoms with van der Waals surface area (Å²) in [5.74, 6) is 0.785. The molecule has 0 unspecified atom stereocenters. The molecule has 2 aromatic rings. The molecule has 2 fully saturated rings. The molecule has 92 heavy (non-hydrogen) atoms. The van der Waals surface area contributed by atoms with E-state index in [1.807, 2.05) is 75.3 Å². The number of benzene rings is 1. The van der Waals surface area contributed by atoms with Gasteiger partial charge < -0.3 is 76.1 Å². The Bertz CT molecular complexity index is 2220. The fourth-order valence-corrected chi connectivity index (χ4v) is 9.89. The van der Waals surface area contributed by atoms with Crippen LogP contribution in [0.15, 0.2) is 64.8 Å². The SMILES string of the molecule is C#CCOCCOCCOCC(=O)C[C@@H](CCC(=O)OCc1ccccc1)C(=O)NCCCCCCCC(=O)[C@H]([NH3+])CSC(C)(C)C.C(=NC1CCCCC1)=NC1CCCCC1.CCOC(CCOCCOCCOCC(=O)O)OCC.CN(C)c1ccncc1.[Cl-]. The van der Waals surface area contributed by atoms with Crippen molar-refractivity contribution in [1.82, 2.24) is 10.3 Å². The van der Waals surface area contributed by atoms with Crippen LogP contribution < -0.4 is 28.4 Å². The number of hydrogen-bond donors (Lipinski definition) is 3. The molecule has 4 rings (SSSR count). The van der Waals surface area contributed by atoms with Gasteiger partial charge in [-0.25, -0.2) is 14.8 Å². The fraction of sp³-hybridized carbons (Fsp3) is 0.725. The van der Waals surface area contributed by atoms with E-state index in [-0.39, 0.29) is 106 Å². The molecule has 524 valence electrons. The third kappa shape index (κ3) is 53.5. The van der Waals surface area contributed by atoms with Gasteiger partial charge >= 0.3 is 11.9 Å². The van der Waals surface area contributed by atoms with Crippen LogP contribution >= 0.6 is 11.8 Å². The number of Topliss-reactive ketones (excluding diaryl/α,β-unsaturated/α-hetero) is 2. The van der Waals surface area contributed by atoms with E-state index < -0.39 is 17.9 Å². The van der Waals surface area contributed by atoms with Crippen LogP contribution in [0.4, 0.5) is 5.69 Å². The molecule has 0 spiro atoms. The van der Waals surface area contributed by atoms with E-state index in [2.05, 4.69) is 58.7 Å². The summed E-state index contributed by atoms with van der Waals surface area (Å²) in [6.07, 6.45) is 27.6. The second-order valence-electron chi connectivity index (χ2n) is 23.3. The number of aromatic nitrogens is 1. The number of carboxylic acid groups (broad SMARTS) is 1. The Morgan fingerprint density at radius 1 is 0.717 bits per heavy atom. The number of thioether (sulfide) groups is 1. The van der Waals surface area contributed by atoms with Gasteiger partial charge in [-0.15, -0.1) is 18.2 Å². The Kier molecular flexibility index (Phi) is 56.7. The molecule has 2 aliphatic rings. The number of aliphatic imine (C=N–C) groups is 2. The van der Waals surface area contributed by atoms with Crippen molar-refractivity contribution in [2.75, 3.05) is 124 Å². The highest BCUT2D eigenvalue weighted by molar-refractivity contribution is 8.00. The Labute approximate surface area is 561 Å². The molecule has 5 N–H and O–H groups in total. The summed E-state index contributed by atoms with van der Waals surface area (Å²) in [5, 5.41) is 11.3. The summed E-state index contributed by atoms with van der Waals surface area (Å²) < 4.78 is 47.5. The minimum Gasteiger partial charge on any atom is -1.00 e. The van der Waals surface area contributed by atoms with Crippen LogP contribution in [0.1, 0.15) is 169 Å². The molecule has 23 heteroatoms. The molecular formula is C69H115ClN6O15S. The van der Waals surface area contributed by atoms with E-state index in [0.29, 0.717) is 90.9 Å². The van der Waals surface area contributed by atoms with Gasteiger partial charge in [0, 0.05) is 88.3 Å². The Balaban J connectivity index is 0.00000148. The number of esters is 1. The topological polar surface area (TPSA) is 269 Å². The number of nitrogens with one attached hydrogen (secondary N) is 1. The molecule has 1 aromatic heterocycles. The molecule has 2 atom stereocenters. The number of ketones is 2. The van der Waals surface area contributed by atoms with Crippen molar-refractivity contribution in [2.24, 2.45) is 15.9 Å². The molecule has 0 saturated heterocycles. The summed E-state index contributed by atoms with van der Waals surface area (Å²) in [6.45, 7) is 15.3. The van der Waals surface area contributed by atoms with Gasteiger partial charge in [0.05, 0.1) is 83.3 Å². The second-order valence-corrected chi connectivity index (χ2v) is 25.1. The smallest absolute Gasteiger partial charge is 0.329 e. The zero-order valence-corrected chi connectivity index (χ0v) is 58.3. The first-order chi connectivity index (χ1) is 44.0. The third-order valence-corrected chi connectivity index (χ3v) is 15.5. The molecule has 1 aromatic carbocycles. The summed E-state index contributed by atoms with van der Waals surface area (Å²) in [5.41, 5.74) is 6.09. The van der Waals surface area contributed by atoms with E-state index in [1.165, 1.54) is 69.9 Å². The summed E-state index contributed by atoms with van der Waals surface area (Å²) >= 11 is 1.77. The Morgan fingerprint density at radius 3 is 1.78 bits per heavy atom. The normalized spacial score (nSPS) is 13.7. The van der Waals surface area contributed by atoms with Crippen molar-refractivity contribution in [2.45, 2.75) is 199 Å². The summed E-state index contributed by atoms with van der Waals surface area (Å²) in [4.78, 5) is 75.4. The highest BCUT2D eigenvalue weighted by Crippen LogP contribution is 2.24. The highest BCUT2D eigenvalue weighted by atomic mass is 35.5. The van der Waals surface area contributed by atoms with Crippen molar-refractivity contribution in [1.29, 1.82) is 0 Å². The number of ether oxygens (including phenoxy) is 9. The number of carbonyl (C=O) groups is 5. The van der Waals surface area contributed by atoms with Crippen molar-refractivity contribution in [3.63, 3.8) is 0 Å². The lowest BCUT2D eigenvalue weighted by atomic mass is 9.96. The first kappa shape index (κ1) is 87.1. The predicted molar refractivity (Wildman–Crippen MR) is 358 cm³/mol. The number of anilines is 1. The van der Waals surface area contributed by atoms with Gasteiger partial charge in [0.25, 0.3) is 0 Å². The molecule has 1 heterocycles. The van der Waals surface area contributed by atoms with Crippen molar-refractivity contribution in [3.05, 3.63) is 60.4 Å². The van der Waals surface area contributed by atoms with Gasteiger partial charge in [-0.1, -0.05) is 115 Å². The molecule has 2 saturated carbocycles. The van der Waals surface area contributed by atoms with Crippen LogP contribution in [0.2, 0.25) is 0 Å². The van der Waals surface area contributed by atoms with E-state index >= 15 is 0 Å². The maximum absolute atomic E-state index is 13.0. The van der Waals surface area contributed by atoms with Gasteiger partial charge in [0.2, 0.25) is 5.91 Å². The number of rotatable bonds is 46. The average molecular weight is 1340 g/mol. The maximum atomic E-state index is 13.0. The van der Waals surface area contributed by atoms with E-state index in [1.54, 1.807) is 24.2 Å². The number of hydrogen-bond acceptors (Lipinski definition) is 19. The lowest BCUT2D eigenvalue weighted by Gasteiger charge is -2.18. The lowest BCUT2D eigenvalue weighted by Crippen LogP contribution is -3.00. The van der Waals surface area contributed by atoms with Gasteiger partial charge in [-0.3, -0.25) is 24.2 Å². The lowest BCUT2D eigenvalue weighted by molar-refractivity contribution is -0.396. The van der Waals surface area contributed by atoms with Crippen molar-refractivity contribution in [3.8, 4) is 12.3 Å². The van der Waals surface area contributed by atoms with Gasteiger partial charge in [0.15, 0.2) is 23.9 Å². The maximum Gasteiger partial charge on any atom is 0.329 e. The number of carboxylic acids is 1. The van der Waals surface area contributed by atoms with E-state index in [9.17, 15) is 24.0 Å². The minimum absolute atomic E-state index is 0. The van der Waals surface area contributed by atoms with Crippen LogP contribution in [0, 0.1) is 18.3 Å². The van der Waals surface area contributed by atoms with Gasteiger partial charge in [0.1, 0.15) is 26.4 Å². The average Bonchev–Trinajstić information content (AvgIpc) is 2.97. The minimum atomic E-state index is -0.980. The molecule has 1 amide bonds. The van der Waals surface area contributed by atoms with E-state index in [0.717, 1.165) is 43.4 Å². The number of aliphatic carboxylic acids is 1. The van der Waals surface area contributed by atoms with E-state index in [4.69, 9.17) is 54.2 Å². The number of pyridine rings is 1. The third-order valence-electron chi connectivity index (χ3n) is 14.0. The first-order valence-electron chi connectivity index (χ1n) is 33.0. The molecule has 0 radical (unpaired) electrons. The van der Waals surface area contributed by atoms with Crippen LogP contribution in [0.3, 0.4) is 0 Å². The number of halogens is 1. The standard InChI is InChI=1S/C36H56N2O8S.C13H22N2.C13H26O7.C7H10N2.ClH/c1-5-20-43-21-22-44-23-24-45-27-31(39)25-30(17-18-34(41)46-26-29-14-10-9-11-15-29)35(42)38-19-13-8-6-7-12-16-33(40)32(37)28-47-36(2,3)4;1-3-7-12(8-4-1)14-11-15-13-9-5-2-6-10-13;1-3-19-13(20-4-2)5-6-16-7-8-17-9-10-18-11-12(14)15;1-9(2)7-3-5-8-6-4-7;/h1,9-11,14-15,30,32H,6-8,12-13,16-28,37H2,2-4H3,(H,38,42);12-13H,1-10H2;13H,3-11H2,1-2H3,(H,14,15);3-6H,1-2H3;1H/t30-,32-;;;;/m1..../s1. The highest BCUT2D eigenvalue weighted by Gasteiger charge is 2.24. The largest absolute Gasteiger partial charge is 1.00 e. The zero-order chi connectivity index (χ0) is 66.8. The van der Waals surface area contributed by atoms with Gasteiger partial charge in [-0.2, -0.15) is 0 Å². The number of amides is 1. The Hall–Kier alpha value is -4.86. The van der Waals surface area contributed by atoms with Crippen LogP contribution in [0.5, 0.6) is 0 Å². The fourth-order valence-electron chi connectivity index (χ4n) is 9.00. The van der Waals surface area contributed by atoms with Crippen LogP contribution in [-0.4, -0.2) is 194 Å². The monoisotopic (exact) mass is 1330 g/mol. The number of quaternary nitrogens is 1. The number of unbranched alkanes of at least 4 members (excludes halogenated alkanes) is 4. The predicted octanol–water partition coefficient (Wildman–Crippen LogP) is 6.82. The number of carbonyl (C=O) groups excluding carboxylic acids is 4.